The Hall–Kier alpha value is -7.96. The maximum absolute atomic E-state index is 5.86. The molecule has 304 valence electrons. The zero-order valence-electron chi connectivity index (χ0n) is 36.0. The van der Waals surface area contributed by atoms with Crippen molar-refractivity contribution in [2.24, 2.45) is 0 Å². The Bertz CT molecular complexity index is 3500. The highest BCUT2D eigenvalue weighted by molar-refractivity contribution is 6.74. The second-order valence-electron chi connectivity index (χ2n) is 17.8. The summed E-state index contributed by atoms with van der Waals surface area (Å²) in [4.78, 5) is 8.32. The van der Waals surface area contributed by atoms with Crippen molar-refractivity contribution >= 4 is 56.8 Å². The number of imidazole rings is 1. The summed E-state index contributed by atoms with van der Waals surface area (Å²) in [6, 6.07) is 76.7. The third kappa shape index (κ3) is 6.01. The Kier molecular flexibility index (Phi) is 8.77. The summed E-state index contributed by atoms with van der Waals surface area (Å²) in [5.74, 6) is 1.71. The molecule has 12 rings (SSSR count). The van der Waals surface area contributed by atoms with Gasteiger partial charge in [0.2, 0.25) is 6.33 Å². The first kappa shape index (κ1) is 37.8. The molecule has 11 aromatic rings. The predicted molar refractivity (Wildman–Crippen MR) is 265 cm³/mol. The summed E-state index contributed by atoms with van der Waals surface area (Å²) in [6.45, 7) is 6.41. The van der Waals surface area contributed by atoms with Gasteiger partial charge in [-0.25, -0.2) is 4.98 Å². The number of hydrogen-bond donors (Lipinski definition) is 0. The Labute approximate surface area is 373 Å². The molecule has 0 saturated heterocycles. The fourth-order valence-electron chi connectivity index (χ4n) is 9.95. The van der Waals surface area contributed by atoms with Crippen molar-refractivity contribution in [1.29, 1.82) is 0 Å². The van der Waals surface area contributed by atoms with Crippen LogP contribution in [0.15, 0.2) is 212 Å². The molecule has 0 spiro atoms. The van der Waals surface area contributed by atoms with Crippen molar-refractivity contribution in [2.45, 2.75) is 26.2 Å². The number of aromatic nitrogens is 4. The van der Waals surface area contributed by atoms with Gasteiger partial charge in [0.1, 0.15) is 11.6 Å². The van der Waals surface area contributed by atoms with Gasteiger partial charge in [-0.3, -0.25) is 4.57 Å². The van der Waals surface area contributed by atoms with Gasteiger partial charge in [-0.15, -0.1) is 0 Å². The third-order valence-electron chi connectivity index (χ3n) is 12.9. The highest BCUT2D eigenvalue weighted by atomic mass is 15.3. The lowest BCUT2D eigenvalue weighted by molar-refractivity contribution is -0.511. The average Bonchev–Trinajstić information content (AvgIpc) is 3.90. The average molecular weight is 822 g/mol. The van der Waals surface area contributed by atoms with Crippen LogP contribution in [-0.2, 0) is 5.41 Å². The Morgan fingerprint density at radius 1 is 0.516 bits per heavy atom. The second kappa shape index (κ2) is 14.9. The van der Waals surface area contributed by atoms with Crippen LogP contribution >= 0.6 is 0 Å². The molecule has 0 aliphatic carbocycles. The van der Waals surface area contributed by atoms with Crippen LogP contribution in [0.25, 0.3) is 77.7 Å². The van der Waals surface area contributed by atoms with E-state index in [1.807, 2.05) is 0 Å². The summed E-state index contributed by atoms with van der Waals surface area (Å²) in [6.07, 6.45) is 4.03. The molecule has 0 fully saturated rings. The molecule has 0 saturated carbocycles. The molecule has 1 aliphatic rings. The van der Waals surface area contributed by atoms with Gasteiger partial charge < -0.3 is 13.9 Å². The minimum atomic E-state index is -0.482. The number of nitrogens with zero attached hydrogens (tertiary/aromatic N) is 5. The molecule has 5 nitrogen and oxygen atoms in total. The van der Waals surface area contributed by atoms with E-state index in [4.69, 9.17) is 4.98 Å². The summed E-state index contributed by atoms with van der Waals surface area (Å²) >= 11 is 0. The second-order valence-corrected chi connectivity index (χ2v) is 17.8. The van der Waals surface area contributed by atoms with Crippen LogP contribution in [0.4, 0.5) is 11.5 Å². The minimum Gasteiger partial charge on any atom is -0.354 e. The molecule has 1 aliphatic heterocycles. The summed E-state index contributed by atoms with van der Waals surface area (Å²) in [5, 5.41) is 2.41. The Balaban J connectivity index is 1.26. The summed E-state index contributed by atoms with van der Waals surface area (Å²) < 4.78 is 6.98. The van der Waals surface area contributed by atoms with Gasteiger partial charge in [0.05, 0.1) is 27.8 Å². The number of pyridine rings is 1. The molecule has 4 heterocycles. The highest BCUT2D eigenvalue weighted by Gasteiger charge is 2.43. The molecule has 0 atom stereocenters. The number of rotatable bonds is 6. The van der Waals surface area contributed by atoms with Crippen LogP contribution < -0.4 is 14.8 Å². The van der Waals surface area contributed by atoms with E-state index >= 15 is 0 Å². The lowest BCUT2D eigenvalue weighted by Gasteiger charge is -2.34. The van der Waals surface area contributed by atoms with E-state index in [0.717, 1.165) is 72.8 Å². The van der Waals surface area contributed by atoms with Crippen LogP contribution in [0, 0.1) is 6.33 Å². The Morgan fingerprint density at radius 2 is 1.05 bits per heavy atom. The summed E-state index contributed by atoms with van der Waals surface area (Å²) in [7, 11) is 0. The number of fused-ring (bicyclic) bond motifs is 7. The van der Waals surface area contributed by atoms with Gasteiger partial charge in [-0.1, -0.05) is 197 Å². The van der Waals surface area contributed by atoms with E-state index in [9.17, 15) is 0 Å². The SMILES string of the molecule is CC(C)(C)c1cc(N(B2c3c(-c4ccccc4)cccc3-c3ccccc3-c3cccc4c3[n+]2[c-]n4-c2ccccc2)c2ccccc2)nc(-n2c3ccccc3c3ccccc32)c1. The molecule has 0 unspecified atom stereocenters. The molecule has 0 bridgehead atoms. The van der Waals surface area contributed by atoms with Gasteiger partial charge in [0.15, 0.2) is 0 Å². The van der Waals surface area contributed by atoms with Crippen molar-refractivity contribution in [3.63, 3.8) is 0 Å². The fraction of sp³-hybridized carbons (Fsp3) is 0.0690. The van der Waals surface area contributed by atoms with Gasteiger partial charge in [0, 0.05) is 21.9 Å². The van der Waals surface area contributed by atoms with E-state index in [2.05, 4.69) is 258 Å². The van der Waals surface area contributed by atoms with Crippen molar-refractivity contribution in [1.82, 2.24) is 14.1 Å². The first-order valence-electron chi connectivity index (χ1n) is 22.1. The van der Waals surface area contributed by atoms with Crippen LogP contribution in [0.2, 0.25) is 0 Å². The van der Waals surface area contributed by atoms with Gasteiger partial charge in [0.25, 0.3) is 0 Å². The normalized spacial score (nSPS) is 12.3. The number of benzene rings is 8. The molecule has 0 N–H and O–H groups in total. The number of para-hydroxylation sites is 5. The van der Waals surface area contributed by atoms with Crippen LogP contribution in [0.5, 0.6) is 0 Å². The minimum absolute atomic E-state index is 0.212. The first-order chi connectivity index (χ1) is 31.4. The maximum Gasteiger partial charge on any atom is 0.526 e. The maximum atomic E-state index is 5.86. The molecular weight excluding hydrogens is 777 g/mol. The molecule has 64 heavy (non-hydrogen) atoms. The fourth-order valence-corrected chi connectivity index (χ4v) is 9.95. The van der Waals surface area contributed by atoms with Gasteiger partial charge in [-0.2, -0.15) is 0 Å². The summed E-state index contributed by atoms with van der Waals surface area (Å²) in [5.41, 5.74) is 15.6. The van der Waals surface area contributed by atoms with Crippen LogP contribution in [0.1, 0.15) is 26.3 Å². The lowest BCUT2D eigenvalue weighted by atomic mass is 9.58. The van der Waals surface area contributed by atoms with Crippen molar-refractivity contribution in [3.05, 3.63) is 224 Å². The molecule has 3 aromatic heterocycles. The molecule has 6 heteroatoms. The van der Waals surface area contributed by atoms with E-state index in [-0.39, 0.29) is 5.41 Å². The Morgan fingerprint density at radius 3 is 1.73 bits per heavy atom. The van der Waals surface area contributed by atoms with Gasteiger partial charge >= 0.3 is 6.98 Å². The topological polar surface area (TPSA) is 29.9 Å². The zero-order valence-corrected chi connectivity index (χ0v) is 36.0. The number of anilines is 2. The van der Waals surface area contributed by atoms with Crippen molar-refractivity contribution < 1.29 is 4.48 Å². The van der Waals surface area contributed by atoms with E-state index in [1.54, 1.807) is 0 Å². The van der Waals surface area contributed by atoms with E-state index in [0.29, 0.717) is 0 Å². The van der Waals surface area contributed by atoms with Crippen LogP contribution in [0.3, 0.4) is 0 Å². The zero-order chi connectivity index (χ0) is 42.9. The van der Waals surface area contributed by atoms with Gasteiger partial charge in [-0.05, 0) is 80.8 Å². The largest absolute Gasteiger partial charge is 0.526 e. The molecule has 8 aromatic carbocycles. The van der Waals surface area contributed by atoms with Crippen molar-refractivity contribution in [2.75, 3.05) is 4.81 Å². The van der Waals surface area contributed by atoms with Crippen LogP contribution in [-0.4, -0.2) is 21.1 Å². The quantitative estimate of drug-likeness (QED) is 0.124. The van der Waals surface area contributed by atoms with E-state index in [1.165, 1.54) is 27.5 Å². The molecule has 0 amide bonds. The predicted octanol–water partition coefficient (Wildman–Crippen LogP) is 12.9. The number of hydrogen-bond acceptors (Lipinski definition) is 2. The molecule has 0 radical (unpaired) electrons. The monoisotopic (exact) mass is 821 g/mol. The van der Waals surface area contributed by atoms with E-state index < -0.39 is 6.98 Å². The standard InChI is InChI=1S/C58H44BN5/c1-58(2,3)41-37-54(63-51-34-17-15-29-47(51)48-30-16-18-35-52(48)63)60-55(38-41)64(43-25-11-6-12-26-43)59-56-44(40-21-7-4-8-22-40)31-19-32-49(56)45-27-13-14-28-46(45)50-33-20-36-53-57(50)62(59)39-61(53)42-23-9-5-10-24-42/h4-38H,1-3H3. The highest BCUT2D eigenvalue weighted by Crippen LogP contribution is 2.41. The molecular formula is C58H44BN5. The third-order valence-corrected chi connectivity index (χ3v) is 12.9. The first-order valence-corrected chi connectivity index (χ1v) is 22.1. The lowest BCUT2D eigenvalue weighted by Crippen LogP contribution is -2.68. The van der Waals surface area contributed by atoms with Crippen molar-refractivity contribution in [3.8, 4) is 44.9 Å². The smallest absolute Gasteiger partial charge is 0.354 e.